The van der Waals surface area contributed by atoms with E-state index in [0.29, 0.717) is 24.4 Å². The molecule has 1 aromatic rings. The topological polar surface area (TPSA) is 97.0 Å². The minimum absolute atomic E-state index is 0.121. The van der Waals surface area contributed by atoms with Crippen molar-refractivity contribution in [2.24, 2.45) is 5.92 Å². The van der Waals surface area contributed by atoms with Gasteiger partial charge in [-0.2, -0.15) is 0 Å². The molecule has 0 saturated heterocycles. The van der Waals surface area contributed by atoms with Crippen LogP contribution in [0, 0.1) is 5.92 Å². The fourth-order valence-electron chi connectivity index (χ4n) is 2.53. The third-order valence-electron chi connectivity index (χ3n) is 3.86. The van der Waals surface area contributed by atoms with E-state index in [1.54, 1.807) is 38.3 Å². The summed E-state index contributed by atoms with van der Waals surface area (Å²) in [5.74, 6) is 0.146. The molecule has 0 aliphatic carbocycles. The maximum absolute atomic E-state index is 12.8. The lowest BCUT2D eigenvalue weighted by molar-refractivity contribution is -0.136. The van der Waals surface area contributed by atoms with Crippen LogP contribution in [0.5, 0.6) is 5.75 Å². The van der Waals surface area contributed by atoms with Crippen LogP contribution in [0.1, 0.15) is 27.2 Å². The quantitative estimate of drug-likeness (QED) is 0.686. The average molecular weight is 379 g/mol. The molecule has 1 unspecified atom stereocenters. The van der Waals surface area contributed by atoms with E-state index in [1.165, 1.54) is 12.0 Å². The van der Waals surface area contributed by atoms with Gasteiger partial charge in [-0.15, -0.1) is 0 Å². The first-order valence-electron chi connectivity index (χ1n) is 8.87. The van der Waals surface area contributed by atoms with Gasteiger partial charge in [0, 0.05) is 18.3 Å². The summed E-state index contributed by atoms with van der Waals surface area (Å²) in [4.78, 5) is 38.1. The van der Waals surface area contributed by atoms with Crippen LogP contribution in [-0.4, -0.2) is 56.2 Å². The molecule has 0 saturated carbocycles. The van der Waals surface area contributed by atoms with Crippen LogP contribution >= 0.6 is 0 Å². The van der Waals surface area contributed by atoms with Gasteiger partial charge in [0.1, 0.15) is 11.8 Å². The van der Waals surface area contributed by atoms with Crippen molar-refractivity contribution in [3.63, 3.8) is 0 Å². The van der Waals surface area contributed by atoms with Crippen LogP contribution in [0.3, 0.4) is 0 Å². The number of amides is 3. The second-order valence-electron chi connectivity index (χ2n) is 6.45. The Labute approximate surface area is 160 Å². The maximum atomic E-state index is 12.8. The Hall–Kier alpha value is -2.77. The van der Waals surface area contributed by atoms with Crippen LogP contribution in [0.15, 0.2) is 24.3 Å². The number of nitrogens with zero attached hydrogens (tertiary/aromatic N) is 1. The fraction of sp³-hybridized carbons (Fsp3) is 0.526. The van der Waals surface area contributed by atoms with Crippen LogP contribution in [-0.2, 0) is 14.3 Å². The molecule has 1 aromatic carbocycles. The van der Waals surface area contributed by atoms with Crippen molar-refractivity contribution in [1.82, 2.24) is 10.2 Å². The number of hydrogen-bond donors (Lipinski definition) is 2. The molecule has 0 aliphatic heterocycles. The smallest absolute Gasteiger partial charge is 0.407 e. The highest BCUT2D eigenvalue weighted by Crippen LogP contribution is 2.16. The van der Waals surface area contributed by atoms with Gasteiger partial charge in [-0.25, -0.2) is 4.79 Å². The lowest BCUT2D eigenvalue weighted by atomic mass is 10.0. The molecular formula is C19H29N3O5. The Kier molecular flexibility index (Phi) is 9.12. The van der Waals surface area contributed by atoms with E-state index in [2.05, 4.69) is 15.4 Å². The molecule has 0 fully saturated rings. The number of anilines is 1. The van der Waals surface area contributed by atoms with Gasteiger partial charge in [0.15, 0.2) is 0 Å². The largest absolute Gasteiger partial charge is 0.497 e. The van der Waals surface area contributed by atoms with Crippen molar-refractivity contribution < 1.29 is 23.9 Å². The number of carbonyl (C=O) groups excluding carboxylic acids is 3. The molecule has 1 rings (SSSR count). The zero-order valence-corrected chi connectivity index (χ0v) is 16.6. The van der Waals surface area contributed by atoms with E-state index in [-0.39, 0.29) is 24.3 Å². The second-order valence-corrected chi connectivity index (χ2v) is 6.45. The lowest BCUT2D eigenvalue weighted by Gasteiger charge is -2.27. The predicted molar refractivity (Wildman–Crippen MR) is 103 cm³/mol. The van der Waals surface area contributed by atoms with Gasteiger partial charge < -0.3 is 25.0 Å². The number of benzene rings is 1. The maximum Gasteiger partial charge on any atom is 0.407 e. The Bertz CT molecular complexity index is 648. The number of carbonyl (C=O) groups is 3. The summed E-state index contributed by atoms with van der Waals surface area (Å²) in [7, 11) is 2.78. The molecule has 1 atom stereocenters. The summed E-state index contributed by atoms with van der Waals surface area (Å²) >= 11 is 0. The minimum Gasteiger partial charge on any atom is -0.497 e. The van der Waals surface area contributed by atoms with Crippen LogP contribution in [0.4, 0.5) is 10.5 Å². The molecule has 0 bridgehead atoms. The molecule has 0 aliphatic rings. The van der Waals surface area contributed by atoms with Crippen molar-refractivity contribution in [3.8, 4) is 5.75 Å². The van der Waals surface area contributed by atoms with Crippen molar-refractivity contribution in [2.75, 3.05) is 32.6 Å². The van der Waals surface area contributed by atoms with E-state index in [4.69, 9.17) is 4.74 Å². The zero-order chi connectivity index (χ0) is 20.4. The van der Waals surface area contributed by atoms with E-state index in [0.717, 1.165) is 0 Å². The van der Waals surface area contributed by atoms with Crippen molar-refractivity contribution >= 4 is 23.6 Å². The lowest BCUT2D eigenvalue weighted by Crippen LogP contribution is -2.50. The Morgan fingerprint density at radius 1 is 1.19 bits per heavy atom. The van der Waals surface area contributed by atoms with E-state index < -0.39 is 12.1 Å². The Balaban J connectivity index is 2.79. The Morgan fingerprint density at radius 3 is 2.44 bits per heavy atom. The highest BCUT2D eigenvalue weighted by Gasteiger charge is 2.27. The number of hydrogen-bond acceptors (Lipinski definition) is 5. The molecular weight excluding hydrogens is 350 g/mol. The van der Waals surface area contributed by atoms with Crippen LogP contribution < -0.4 is 15.4 Å². The monoisotopic (exact) mass is 379 g/mol. The van der Waals surface area contributed by atoms with E-state index in [1.807, 2.05) is 13.8 Å². The summed E-state index contributed by atoms with van der Waals surface area (Å²) < 4.78 is 9.72. The molecule has 0 radical (unpaired) electrons. The highest BCUT2D eigenvalue weighted by atomic mass is 16.5. The van der Waals surface area contributed by atoms with E-state index >= 15 is 0 Å². The first-order chi connectivity index (χ1) is 12.8. The zero-order valence-electron chi connectivity index (χ0n) is 16.6. The molecule has 0 heterocycles. The normalized spacial score (nSPS) is 11.5. The SMILES string of the molecule is CCN(CC(=O)Nc1cccc(OC)c1)C(=O)C(CC(C)C)NC(=O)OC. The summed E-state index contributed by atoms with van der Waals surface area (Å²) in [6.45, 7) is 5.89. The van der Waals surface area contributed by atoms with Gasteiger partial charge in [-0.05, 0) is 31.4 Å². The molecule has 0 spiro atoms. The Morgan fingerprint density at radius 2 is 1.89 bits per heavy atom. The molecule has 2 N–H and O–H groups in total. The van der Waals surface area contributed by atoms with E-state index in [9.17, 15) is 14.4 Å². The molecule has 0 aromatic heterocycles. The van der Waals surface area contributed by atoms with Crippen LogP contribution in [0.25, 0.3) is 0 Å². The number of methoxy groups -OCH3 is 2. The third-order valence-corrected chi connectivity index (χ3v) is 3.86. The molecule has 8 nitrogen and oxygen atoms in total. The van der Waals surface area contributed by atoms with Gasteiger partial charge in [-0.3, -0.25) is 9.59 Å². The highest BCUT2D eigenvalue weighted by molar-refractivity contribution is 5.95. The number of ether oxygens (including phenoxy) is 2. The first kappa shape index (κ1) is 22.3. The summed E-state index contributed by atoms with van der Waals surface area (Å²) in [5.41, 5.74) is 0.578. The van der Waals surface area contributed by atoms with Gasteiger partial charge in [0.05, 0.1) is 20.8 Å². The van der Waals surface area contributed by atoms with Gasteiger partial charge >= 0.3 is 6.09 Å². The molecule has 27 heavy (non-hydrogen) atoms. The van der Waals surface area contributed by atoms with Gasteiger partial charge in [0.2, 0.25) is 11.8 Å². The molecule has 3 amide bonds. The van der Waals surface area contributed by atoms with Gasteiger partial charge in [0.25, 0.3) is 0 Å². The van der Waals surface area contributed by atoms with Crippen molar-refractivity contribution in [1.29, 1.82) is 0 Å². The van der Waals surface area contributed by atoms with Crippen molar-refractivity contribution in [3.05, 3.63) is 24.3 Å². The summed E-state index contributed by atoms with van der Waals surface area (Å²) in [6.07, 6.45) is -0.229. The second kappa shape index (κ2) is 11.1. The molecule has 150 valence electrons. The number of nitrogens with one attached hydrogen (secondary N) is 2. The van der Waals surface area contributed by atoms with Gasteiger partial charge in [-0.1, -0.05) is 19.9 Å². The molecule has 8 heteroatoms. The summed E-state index contributed by atoms with van der Waals surface area (Å²) in [5, 5.41) is 5.29. The van der Waals surface area contributed by atoms with Crippen molar-refractivity contribution in [2.45, 2.75) is 33.2 Å². The number of rotatable bonds is 9. The minimum atomic E-state index is -0.748. The van der Waals surface area contributed by atoms with Crippen LogP contribution in [0.2, 0.25) is 0 Å². The third kappa shape index (κ3) is 7.55. The standard InChI is InChI=1S/C19H29N3O5/c1-6-22(18(24)16(10-13(2)3)21-19(25)27-5)12-17(23)20-14-8-7-9-15(11-14)26-4/h7-9,11,13,16H,6,10,12H2,1-5H3,(H,20,23)(H,21,25). The fourth-order valence-corrected chi connectivity index (χ4v) is 2.53. The number of likely N-dealkylation sites (N-methyl/N-ethyl adjacent to an activating group) is 1. The summed E-state index contributed by atoms with van der Waals surface area (Å²) in [6, 6.07) is 6.21. The predicted octanol–water partition coefficient (Wildman–Crippen LogP) is 2.25. The average Bonchev–Trinajstić information content (AvgIpc) is 2.64. The first-order valence-corrected chi connectivity index (χ1v) is 8.87. The number of alkyl carbamates (subject to hydrolysis) is 1.